The second kappa shape index (κ2) is 7.75. The zero-order valence-corrected chi connectivity index (χ0v) is 15.6. The van der Waals surface area contributed by atoms with Gasteiger partial charge in [-0.25, -0.2) is 14.2 Å². The van der Waals surface area contributed by atoms with Crippen LogP contribution in [0, 0.1) is 17.7 Å². The molecule has 2 heterocycles. The lowest BCUT2D eigenvalue weighted by molar-refractivity contribution is -0.0231. The molecule has 4 atom stereocenters. The van der Waals surface area contributed by atoms with Gasteiger partial charge in [0.25, 0.3) is 0 Å². The van der Waals surface area contributed by atoms with E-state index in [-0.39, 0.29) is 17.8 Å². The number of esters is 1. The zero-order valence-electron chi connectivity index (χ0n) is 15.6. The van der Waals surface area contributed by atoms with Gasteiger partial charge in [0.15, 0.2) is 11.6 Å². The number of hydrogen-bond acceptors (Lipinski definition) is 6. The van der Waals surface area contributed by atoms with Gasteiger partial charge in [-0.1, -0.05) is 6.07 Å². The molecule has 1 saturated heterocycles. The predicted octanol–water partition coefficient (Wildman–Crippen LogP) is 2.66. The molecule has 0 amide bonds. The number of aliphatic hydroxyl groups is 1. The summed E-state index contributed by atoms with van der Waals surface area (Å²) in [6.07, 6.45) is 1.87. The number of methoxy groups -OCH3 is 1. The number of nitrogens with zero attached hydrogens (tertiary/aromatic N) is 2. The molecule has 0 radical (unpaired) electrons. The summed E-state index contributed by atoms with van der Waals surface area (Å²) in [6.45, 7) is 1.37. The lowest BCUT2D eigenvalue weighted by Crippen LogP contribution is -2.42. The van der Waals surface area contributed by atoms with Crippen LogP contribution in [0.1, 0.15) is 23.2 Å². The number of carbonyl (C=O) groups is 1. The number of rotatable bonds is 4. The number of ether oxygens (including phenoxy) is 2. The number of fused-ring (bicyclic) bond motifs is 1. The van der Waals surface area contributed by atoms with Gasteiger partial charge in [0.1, 0.15) is 11.9 Å². The number of pyridine rings is 1. The summed E-state index contributed by atoms with van der Waals surface area (Å²) >= 11 is 0. The topological polar surface area (TPSA) is 71.9 Å². The van der Waals surface area contributed by atoms with Gasteiger partial charge in [-0.2, -0.15) is 0 Å². The van der Waals surface area contributed by atoms with E-state index in [4.69, 9.17) is 9.47 Å². The molecule has 148 valence electrons. The Hall–Kier alpha value is -2.67. The third kappa shape index (κ3) is 3.67. The van der Waals surface area contributed by atoms with Crippen molar-refractivity contribution in [3.05, 3.63) is 54.0 Å². The van der Waals surface area contributed by atoms with E-state index in [0.29, 0.717) is 49.0 Å². The standard InChI is InChI=1S/C21H23FN2O4/c1-27-21(26)13-4-2-5-16(8-13)28-19-10-15-12-24(11-14(15)9-18(19)25)20-17(22)6-3-7-23-20/h2-8,14-15,18-19,25H,9-12H2,1H3/t14-,15+,18+,19+/m0/s1. The van der Waals surface area contributed by atoms with E-state index in [0.717, 1.165) is 0 Å². The molecule has 1 aromatic carbocycles. The van der Waals surface area contributed by atoms with Crippen LogP contribution in [0.25, 0.3) is 0 Å². The Bertz CT molecular complexity index is 862. The van der Waals surface area contributed by atoms with Gasteiger partial charge in [-0.3, -0.25) is 0 Å². The number of hydrogen-bond donors (Lipinski definition) is 1. The third-order valence-electron chi connectivity index (χ3n) is 5.67. The molecule has 28 heavy (non-hydrogen) atoms. The summed E-state index contributed by atoms with van der Waals surface area (Å²) in [5, 5.41) is 10.6. The minimum absolute atomic E-state index is 0.276. The molecule has 4 rings (SSSR count). The maximum atomic E-state index is 14.1. The van der Waals surface area contributed by atoms with Crippen molar-refractivity contribution in [1.82, 2.24) is 4.98 Å². The van der Waals surface area contributed by atoms with Crippen LogP contribution in [0.5, 0.6) is 5.75 Å². The lowest BCUT2D eigenvalue weighted by atomic mass is 9.78. The fourth-order valence-corrected chi connectivity index (χ4v) is 4.29. The molecule has 2 aliphatic rings. The van der Waals surface area contributed by atoms with Gasteiger partial charge in [0.05, 0.1) is 18.8 Å². The number of anilines is 1. The smallest absolute Gasteiger partial charge is 0.337 e. The summed E-state index contributed by atoms with van der Waals surface area (Å²) in [6, 6.07) is 9.75. The second-order valence-electron chi connectivity index (χ2n) is 7.45. The lowest BCUT2D eigenvalue weighted by Gasteiger charge is -2.35. The average Bonchev–Trinajstić information content (AvgIpc) is 3.10. The fourth-order valence-electron chi connectivity index (χ4n) is 4.29. The van der Waals surface area contributed by atoms with Crippen molar-refractivity contribution in [2.75, 3.05) is 25.1 Å². The summed E-state index contributed by atoms with van der Waals surface area (Å²) in [5.74, 6) is 0.703. The van der Waals surface area contributed by atoms with E-state index in [9.17, 15) is 14.3 Å². The van der Waals surface area contributed by atoms with Crippen LogP contribution < -0.4 is 9.64 Å². The van der Waals surface area contributed by atoms with E-state index in [1.54, 1.807) is 36.5 Å². The highest BCUT2D eigenvalue weighted by molar-refractivity contribution is 5.89. The summed E-state index contributed by atoms with van der Waals surface area (Å²) < 4.78 is 24.8. The van der Waals surface area contributed by atoms with Crippen LogP contribution >= 0.6 is 0 Å². The van der Waals surface area contributed by atoms with Crippen LogP contribution in [-0.2, 0) is 4.74 Å². The maximum Gasteiger partial charge on any atom is 0.337 e. The predicted molar refractivity (Wildman–Crippen MR) is 101 cm³/mol. The van der Waals surface area contributed by atoms with E-state index < -0.39 is 12.1 Å². The molecule has 1 aromatic heterocycles. The van der Waals surface area contributed by atoms with Crippen molar-refractivity contribution in [3.63, 3.8) is 0 Å². The fraction of sp³-hybridized carbons (Fsp3) is 0.429. The van der Waals surface area contributed by atoms with Crippen molar-refractivity contribution < 1.29 is 23.8 Å². The summed E-state index contributed by atoms with van der Waals surface area (Å²) in [5.41, 5.74) is 0.404. The summed E-state index contributed by atoms with van der Waals surface area (Å²) in [7, 11) is 1.33. The number of aromatic nitrogens is 1. The van der Waals surface area contributed by atoms with Gasteiger partial charge < -0.3 is 19.5 Å². The first-order valence-corrected chi connectivity index (χ1v) is 9.43. The van der Waals surface area contributed by atoms with Crippen LogP contribution in [0.4, 0.5) is 10.2 Å². The first kappa shape index (κ1) is 18.7. The number of aliphatic hydroxyl groups excluding tert-OH is 1. The van der Waals surface area contributed by atoms with Crippen LogP contribution in [-0.4, -0.2) is 48.5 Å². The maximum absolute atomic E-state index is 14.1. The molecule has 1 aliphatic carbocycles. The first-order chi connectivity index (χ1) is 13.5. The SMILES string of the molecule is COC(=O)c1cccc(O[C@@H]2C[C@@H]3CN(c4ncccc4F)C[C@@H]3C[C@H]2O)c1. The molecule has 1 N–H and O–H groups in total. The Balaban J connectivity index is 1.45. The van der Waals surface area contributed by atoms with Gasteiger partial charge in [-0.15, -0.1) is 0 Å². The largest absolute Gasteiger partial charge is 0.488 e. The monoisotopic (exact) mass is 386 g/mol. The van der Waals surface area contributed by atoms with E-state index in [2.05, 4.69) is 4.98 Å². The first-order valence-electron chi connectivity index (χ1n) is 9.43. The number of benzene rings is 1. The van der Waals surface area contributed by atoms with Crippen LogP contribution in [0.2, 0.25) is 0 Å². The Morgan fingerprint density at radius 1 is 1.21 bits per heavy atom. The van der Waals surface area contributed by atoms with Crippen molar-refractivity contribution in [3.8, 4) is 5.75 Å². The molecule has 0 unspecified atom stereocenters. The third-order valence-corrected chi connectivity index (χ3v) is 5.67. The molecule has 2 aromatic rings. The van der Waals surface area contributed by atoms with Crippen LogP contribution in [0.15, 0.2) is 42.6 Å². The molecular formula is C21H23FN2O4. The Morgan fingerprint density at radius 2 is 2.00 bits per heavy atom. The normalized spacial score (nSPS) is 26.6. The average molecular weight is 386 g/mol. The quantitative estimate of drug-likeness (QED) is 0.815. The van der Waals surface area contributed by atoms with E-state index in [1.165, 1.54) is 13.2 Å². The molecule has 0 spiro atoms. The minimum atomic E-state index is -0.614. The Labute approximate surface area is 162 Å². The molecule has 0 bridgehead atoms. The molecule has 2 fully saturated rings. The van der Waals surface area contributed by atoms with Gasteiger partial charge in [0.2, 0.25) is 0 Å². The van der Waals surface area contributed by atoms with E-state index in [1.807, 2.05) is 4.90 Å². The van der Waals surface area contributed by atoms with Crippen molar-refractivity contribution >= 4 is 11.8 Å². The number of halogens is 1. The number of carbonyl (C=O) groups excluding carboxylic acids is 1. The molecule has 1 aliphatic heterocycles. The molecular weight excluding hydrogens is 363 g/mol. The van der Waals surface area contributed by atoms with Gasteiger partial charge in [-0.05, 0) is 55.0 Å². The highest BCUT2D eigenvalue weighted by Crippen LogP contribution is 2.39. The van der Waals surface area contributed by atoms with Crippen molar-refractivity contribution in [2.45, 2.75) is 25.0 Å². The van der Waals surface area contributed by atoms with E-state index >= 15 is 0 Å². The second-order valence-corrected chi connectivity index (χ2v) is 7.45. The summed E-state index contributed by atoms with van der Waals surface area (Å²) in [4.78, 5) is 17.8. The Morgan fingerprint density at radius 3 is 2.75 bits per heavy atom. The highest BCUT2D eigenvalue weighted by Gasteiger charge is 2.43. The minimum Gasteiger partial charge on any atom is -0.488 e. The van der Waals surface area contributed by atoms with Crippen molar-refractivity contribution in [1.29, 1.82) is 0 Å². The van der Waals surface area contributed by atoms with Gasteiger partial charge >= 0.3 is 5.97 Å². The van der Waals surface area contributed by atoms with Crippen molar-refractivity contribution in [2.24, 2.45) is 11.8 Å². The molecule has 7 heteroatoms. The van der Waals surface area contributed by atoms with Crippen LogP contribution in [0.3, 0.4) is 0 Å². The Kier molecular flexibility index (Phi) is 5.17. The molecule has 6 nitrogen and oxygen atoms in total. The highest BCUT2D eigenvalue weighted by atomic mass is 19.1. The van der Waals surface area contributed by atoms with Gasteiger partial charge in [0, 0.05) is 19.3 Å². The molecule has 1 saturated carbocycles. The zero-order chi connectivity index (χ0) is 19.7.